The van der Waals surface area contributed by atoms with Gasteiger partial charge in [-0.1, -0.05) is 66.4 Å². The van der Waals surface area contributed by atoms with E-state index in [1.54, 1.807) is 11.8 Å². The normalized spacial score (nSPS) is 13.2. The van der Waals surface area contributed by atoms with E-state index in [4.69, 9.17) is 0 Å². The lowest BCUT2D eigenvalue weighted by atomic mass is 10.2. The quantitative estimate of drug-likeness (QED) is 0.677. The van der Waals surface area contributed by atoms with Gasteiger partial charge in [0.05, 0.1) is 17.1 Å². The SMILES string of the molecule is O=S(=O)(Cc1ccccc1)N1c2ccccc2Sc2ccccc21. The van der Waals surface area contributed by atoms with Crippen molar-refractivity contribution in [2.45, 2.75) is 15.5 Å². The zero-order valence-electron chi connectivity index (χ0n) is 12.8. The van der Waals surface area contributed by atoms with Gasteiger partial charge in [-0.2, -0.15) is 0 Å². The van der Waals surface area contributed by atoms with E-state index in [1.807, 2.05) is 78.9 Å². The average molecular weight is 353 g/mol. The van der Waals surface area contributed by atoms with E-state index in [2.05, 4.69) is 0 Å². The highest BCUT2D eigenvalue weighted by molar-refractivity contribution is 8.00. The monoisotopic (exact) mass is 353 g/mol. The van der Waals surface area contributed by atoms with Crippen LogP contribution in [-0.2, 0) is 15.8 Å². The van der Waals surface area contributed by atoms with Crippen molar-refractivity contribution in [2.75, 3.05) is 4.31 Å². The van der Waals surface area contributed by atoms with Crippen molar-refractivity contribution in [1.29, 1.82) is 0 Å². The Labute approximate surface area is 146 Å². The molecular weight excluding hydrogens is 338 g/mol. The molecule has 0 amide bonds. The van der Waals surface area contributed by atoms with Crippen molar-refractivity contribution < 1.29 is 8.42 Å². The summed E-state index contributed by atoms with van der Waals surface area (Å²) < 4.78 is 27.9. The van der Waals surface area contributed by atoms with Crippen LogP contribution in [0.5, 0.6) is 0 Å². The summed E-state index contributed by atoms with van der Waals surface area (Å²) in [5, 5.41) is 0. The Balaban J connectivity index is 1.85. The molecule has 0 bridgehead atoms. The number of sulfonamides is 1. The van der Waals surface area contributed by atoms with Crippen LogP contribution in [-0.4, -0.2) is 8.42 Å². The predicted octanol–water partition coefficient (Wildman–Crippen LogP) is 4.82. The first-order chi connectivity index (χ1) is 11.6. The molecule has 0 N–H and O–H groups in total. The number of rotatable bonds is 3. The maximum atomic E-state index is 13.2. The molecule has 3 aromatic carbocycles. The maximum absolute atomic E-state index is 13.2. The Hall–Kier alpha value is -2.24. The molecule has 0 atom stereocenters. The number of hydrogen-bond donors (Lipinski definition) is 0. The second kappa shape index (κ2) is 6.00. The van der Waals surface area contributed by atoms with Gasteiger partial charge in [-0.25, -0.2) is 12.7 Å². The van der Waals surface area contributed by atoms with E-state index in [-0.39, 0.29) is 5.75 Å². The van der Waals surface area contributed by atoms with Crippen molar-refractivity contribution in [1.82, 2.24) is 0 Å². The number of benzene rings is 3. The van der Waals surface area contributed by atoms with Gasteiger partial charge in [0.15, 0.2) is 0 Å². The third kappa shape index (κ3) is 2.70. The zero-order valence-corrected chi connectivity index (χ0v) is 14.4. The van der Waals surface area contributed by atoms with Crippen LogP contribution in [0.3, 0.4) is 0 Å². The Morgan fingerprint density at radius 2 is 1.21 bits per heavy atom. The standard InChI is InChI=1S/C19H15NO2S2/c21-24(22,14-15-8-2-1-3-9-15)20-16-10-4-6-12-18(16)23-19-13-7-5-11-17(19)20/h1-13H,14H2. The Bertz CT molecular complexity index is 940. The molecule has 4 rings (SSSR count). The first kappa shape index (κ1) is 15.3. The van der Waals surface area contributed by atoms with Crippen LogP contribution >= 0.6 is 11.8 Å². The highest BCUT2D eigenvalue weighted by Gasteiger charge is 2.32. The molecule has 0 unspecified atom stereocenters. The summed E-state index contributed by atoms with van der Waals surface area (Å²) in [4.78, 5) is 1.90. The first-order valence-corrected chi connectivity index (χ1v) is 10.0. The molecule has 1 aliphatic heterocycles. The fourth-order valence-corrected chi connectivity index (χ4v) is 5.65. The van der Waals surface area contributed by atoms with Crippen molar-refractivity contribution in [3.05, 3.63) is 84.4 Å². The van der Waals surface area contributed by atoms with E-state index in [0.717, 1.165) is 26.7 Å². The smallest absolute Gasteiger partial charge is 0.236 e. The molecule has 0 aliphatic carbocycles. The molecule has 0 saturated carbocycles. The van der Waals surface area contributed by atoms with Gasteiger partial charge in [0.25, 0.3) is 0 Å². The molecule has 5 heteroatoms. The van der Waals surface area contributed by atoms with Crippen molar-refractivity contribution in [2.24, 2.45) is 0 Å². The molecule has 1 aliphatic rings. The number of fused-ring (bicyclic) bond motifs is 2. The van der Waals surface area contributed by atoms with E-state index in [0.29, 0.717) is 0 Å². The average Bonchev–Trinajstić information content (AvgIpc) is 2.60. The second-order valence-corrected chi connectivity index (χ2v) is 8.45. The zero-order chi connectivity index (χ0) is 16.6. The van der Waals surface area contributed by atoms with Crippen LogP contribution < -0.4 is 4.31 Å². The first-order valence-electron chi connectivity index (χ1n) is 7.58. The minimum atomic E-state index is -3.54. The van der Waals surface area contributed by atoms with Crippen LogP contribution in [0.4, 0.5) is 11.4 Å². The van der Waals surface area contributed by atoms with Gasteiger partial charge >= 0.3 is 0 Å². The fourth-order valence-electron chi connectivity index (χ4n) is 2.82. The molecule has 1 heterocycles. The Morgan fingerprint density at radius 1 is 0.708 bits per heavy atom. The van der Waals surface area contributed by atoms with Gasteiger partial charge in [-0.3, -0.25) is 0 Å². The molecule has 0 aromatic heterocycles. The van der Waals surface area contributed by atoms with Crippen molar-refractivity contribution in [3.63, 3.8) is 0 Å². The minimum absolute atomic E-state index is 0.0266. The summed E-state index contributed by atoms with van der Waals surface area (Å²) in [5.41, 5.74) is 2.22. The van der Waals surface area contributed by atoms with Crippen molar-refractivity contribution in [3.8, 4) is 0 Å². The predicted molar refractivity (Wildman–Crippen MR) is 98.2 cm³/mol. The molecule has 0 fully saturated rings. The Morgan fingerprint density at radius 3 is 1.79 bits per heavy atom. The van der Waals surface area contributed by atoms with E-state index in [1.165, 1.54) is 4.31 Å². The van der Waals surface area contributed by atoms with Crippen LogP contribution in [0, 0.1) is 0 Å². The highest BCUT2D eigenvalue weighted by atomic mass is 32.2. The highest BCUT2D eigenvalue weighted by Crippen LogP contribution is 2.49. The molecule has 3 nitrogen and oxygen atoms in total. The largest absolute Gasteiger partial charge is 0.243 e. The number of hydrogen-bond acceptors (Lipinski definition) is 3. The molecule has 0 spiro atoms. The van der Waals surface area contributed by atoms with E-state index in [9.17, 15) is 8.42 Å². The topological polar surface area (TPSA) is 37.4 Å². The minimum Gasteiger partial charge on any atom is -0.236 e. The van der Waals surface area contributed by atoms with E-state index >= 15 is 0 Å². The van der Waals surface area contributed by atoms with Gasteiger partial charge < -0.3 is 0 Å². The molecule has 0 radical (unpaired) electrons. The van der Waals surface area contributed by atoms with Crippen LogP contribution in [0.1, 0.15) is 5.56 Å². The molecular formula is C19H15NO2S2. The van der Waals surface area contributed by atoms with Crippen LogP contribution in [0.25, 0.3) is 0 Å². The third-order valence-electron chi connectivity index (χ3n) is 3.86. The lowest BCUT2D eigenvalue weighted by Crippen LogP contribution is -2.29. The molecule has 24 heavy (non-hydrogen) atoms. The third-order valence-corrected chi connectivity index (χ3v) is 6.64. The lowest BCUT2D eigenvalue weighted by Gasteiger charge is -2.31. The van der Waals surface area contributed by atoms with Gasteiger partial charge in [-0.05, 0) is 29.8 Å². The fraction of sp³-hybridized carbons (Fsp3) is 0.0526. The number of nitrogens with zero attached hydrogens (tertiary/aromatic N) is 1. The molecule has 0 saturated heterocycles. The van der Waals surface area contributed by atoms with Gasteiger partial charge in [-0.15, -0.1) is 0 Å². The van der Waals surface area contributed by atoms with Gasteiger partial charge in [0.1, 0.15) is 0 Å². The second-order valence-electron chi connectivity index (χ2n) is 5.54. The summed E-state index contributed by atoms with van der Waals surface area (Å²) in [6.45, 7) is 0. The van der Waals surface area contributed by atoms with Crippen LogP contribution in [0.2, 0.25) is 0 Å². The summed E-state index contributed by atoms with van der Waals surface area (Å²) in [5.74, 6) is -0.0266. The number of para-hydroxylation sites is 2. The maximum Gasteiger partial charge on any atom is 0.243 e. The summed E-state index contributed by atoms with van der Waals surface area (Å²) >= 11 is 1.60. The van der Waals surface area contributed by atoms with Gasteiger partial charge in [0, 0.05) is 9.79 Å². The van der Waals surface area contributed by atoms with Gasteiger partial charge in [0.2, 0.25) is 10.0 Å². The summed E-state index contributed by atoms with van der Waals surface area (Å²) in [6.07, 6.45) is 0. The molecule has 3 aromatic rings. The number of anilines is 2. The lowest BCUT2D eigenvalue weighted by molar-refractivity contribution is 0.595. The van der Waals surface area contributed by atoms with Crippen molar-refractivity contribution >= 4 is 33.2 Å². The summed E-state index contributed by atoms with van der Waals surface area (Å²) in [6, 6.07) is 24.5. The van der Waals surface area contributed by atoms with Crippen LogP contribution in [0.15, 0.2) is 88.7 Å². The Kier molecular flexibility index (Phi) is 3.82. The van der Waals surface area contributed by atoms with E-state index < -0.39 is 10.0 Å². The summed E-state index contributed by atoms with van der Waals surface area (Å²) in [7, 11) is -3.54. The molecule has 120 valence electrons.